The predicted octanol–water partition coefficient (Wildman–Crippen LogP) is 2.49. The highest BCUT2D eigenvalue weighted by atomic mass is 32.2. The van der Waals surface area contributed by atoms with Gasteiger partial charge in [-0.1, -0.05) is 12.1 Å². The minimum atomic E-state index is -3.40. The van der Waals surface area contributed by atoms with E-state index < -0.39 is 34.9 Å². The molecule has 0 aliphatic rings. The molecule has 0 heterocycles. The molecule has 144 valence electrons. The molecule has 0 atom stereocenters. The van der Waals surface area contributed by atoms with Gasteiger partial charge in [0, 0.05) is 6.26 Å². The van der Waals surface area contributed by atoms with Gasteiger partial charge in [-0.3, -0.25) is 4.79 Å². The molecule has 0 aliphatic heterocycles. The molecule has 2 aromatic carbocycles. The van der Waals surface area contributed by atoms with Crippen LogP contribution in [0.5, 0.6) is 5.75 Å². The number of carbonyl (C=O) groups is 2. The molecule has 1 amide bonds. The Bertz CT molecular complexity index is 929. The molecule has 1 N–H and O–H groups in total. The minimum absolute atomic E-state index is 0.00338. The number of esters is 1. The maximum Gasteiger partial charge on any atom is 0.387 e. The van der Waals surface area contributed by atoms with E-state index in [0.717, 1.165) is 6.26 Å². The molecule has 0 saturated heterocycles. The van der Waals surface area contributed by atoms with Crippen molar-refractivity contribution in [2.75, 3.05) is 18.2 Å². The highest BCUT2D eigenvalue weighted by molar-refractivity contribution is 7.90. The number of hydrogen-bond donors (Lipinski definition) is 1. The highest BCUT2D eigenvalue weighted by Gasteiger charge is 2.15. The summed E-state index contributed by atoms with van der Waals surface area (Å²) in [7, 11) is -3.40. The van der Waals surface area contributed by atoms with Crippen LogP contribution in [0.4, 0.5) is 14.5 Å². The van der Waals surface area contributed by atoms with E-state index in [1.165, 1.54) is 48.5 Å². The maximum atomic E-state index is 12.3. The summed E-state index contributed by atoms with van der Waals surface area (Å²) in [5.41, 5.74) is 0.0491. The van der Waals surface area contributed by atoms with Crippen molar-refractivity contribution in [2.45, 2.75) is 11.5 Å². The van der Waals surface area contributed by atoms with E-state index in [-0.39, 0.29) is 21.9 Å². The second kappa shape index (κ2) is 8.58. The third-order valence-corrected chi connectivity index (χ3v) is 4.36. The molecule has 2 rings (SSSR count). The van der Waals surface area contributed by atoms with E-state index >= 15 is 0 Å². The summed E-state index contributed by atoms with van der Waals surface area (Å²) < 4.78 is 56.5. The Balaban J connectivity index is 1.95. The first-order valence-electron chi connectivity index (χ1n) is 7.48. The van der Waals surface area contributed by atoms with Crippen LogP contribution in [-0.2, 0) is 19.4 Å². The number of carbonyl (C=O) groups excluding carboxylic acids is 2. The number of nitrogens with one attached hydrogen (secondary N) is 1. The van der Waals surface area contributed by atoms with Gasteiger partial charge in [0.1, 0.15) is 5.75 Å². The standard InChI is InChI=1S/C17H15F2NO6S/c1-27(23,24)12-8-6-11(7-9-12)16(22)25-10-15(21)20-13-4-2-3-5-14(13)26-17(18)19/h2-9,17H,10H2,1H3,(H,20,21). The zero-order valence-electron chi connectivity index (χ0n) is 14.0. The molecule has 0 aromatic heterocycles. The number of benzene rings is 2. The van der Waals surface area contributed by atoms with E-state index in [2.05, 4.69) is 10.1 Å². The van der Waals surface area contributed by atoms with Crippen LogP contribution in [0.25, 0.3) is 0 Å². The molecule has 27 heavy (non-hydrogen) atoms. The van der Waals surface area contributed by atoms with Gasteiger partial charge in [-0.25, -0.2) is 13.2 Å². The Morgan fingerprint density at radius 2 is 1.70 bits per heavy atom. The van der Waals surface area contributed by atoms with Gasteiger partial charge in [-0.2, -0.15) is 8.78 Å². The normalized spacial score (nSPS) is 11.1. The van der Waals surface area contributed by atoms with Crippen molar-refractivity contribution >= 4 is 27.4 Å². The van der Waals surface area contributed by atoms with Gasteiger partial charge in [-0.15, -0.1) is 0 Å². The summed E-state index contributed by atoms with van der Waals surface area (Å²) in [6, 6.07) is 10.5. The van der Waals surface area contributed by atoms with Crippen LogP contribution >= 0.6 is 0 Å². The van der Waals surface area contributed by atoms with Crippen LogP contribution < -0.4 is 10.1 Å². The number of amides is 1. The highest BCUT2D eigenvalue weighted by Crippen LogP contribution is 2.25. The first-order valence-corrected chi connectivity index (χ1v) is 9.37. The zero-order chi connectivity index (χ0) is 20.0. The number of hydrogen-bond acceptors (Lipinski definition) is 6. The smallest absolute Gasteiger partial charge is 0.387 e. The summed E-state index contributed by atoms with van der Waals surface area (Å²) >= 11 is 0. The van der Waals surface area contributed by atoms with Crippen molar-refractivity contribution in [3.05, 3.63) is 54.1 Å². The Morgan fingerprint density at radius 1 is 1.07 bits per heavy atom. The lowest BCUT2D eigenvalue weighted by molar-refractivity contribution is -0.119. The van der Waals surface area contributed by atoms with E-state index in [9.17, 15) is 26.8 Å². The average Bonchev–Trinajstić information content (AvgIpc) is 2.60. The van der Waals surface area contributed by atoms with Crippen LogP contribution in [-0.4, -0.2) is 39.8 Å². The first-order chi connectivity index (χ1) is 12.7. The van der Waals surface area contributed by atoms with E-state index in [1.54, 1.807) is 0 Å². The van der Waals surface area contributed by atoms with Crippen LogP contribution in [0, 0.1) is 0 Å². The van der Waals surface area contributed by atoms with Gasteiger partial charge in [-0.05, 0) is 36.4 Å². The van der Waals surface area contributed by atoms with Gasteiger partial charge >= 0.3 is 12.6 Å². The first kappa shape index (κ1) is 20.3. The number of anilines is 1. The van der Waals surface area contributed by atoms with Crippen LogP contribution in [0.15, 0.2) is 53.4 Å². The quantitative estimate of drug-likeness (QED) is 0.719. The van der Waals surface area contributed by atoms with Crippen molar-refractivity contribution < 1.29 is 36.3 Å². The van der Waals surface area contributed by atoms with Gasteiger partial charge in [0.25, 0.3) is 5.91 Å². The molecule has 0 aliphatic carbocycles. The van der Waals surface area contributed by atoms with Crippen molar-refractivity contribution in [3.8, 4) is 5.75 Å². The molecule has 7 nitrogen and oxygen atoms in total. The maximum absolute atomic E-state index is 12.3. The number of rotatable bonds is 7. The third-order valence-electron chi connectivity index (χ3n) is 3.23. The second-order valence-electron chi connectivity index (χ2n) is 5.30. The van der Waals surface area contributed by atoms with Gasteiger partial charge in [0.15, 0.2) is 16.4 Å². The Kier molecular flexibility index (Phi) is 6.45. The summed E-state index contributed by atoms with van der Waals surface area (Å²) in [5, 5.41) is 2.30. The molecular formula is C17H15F2NO6S. The Labute approximate surface area is 153 Å². The fraction of sp³-hybridized carbons (Fsp3) is 0.176. The van der Waals surface area contributed by atoms with Crippen molar-refractivity contribution in [1.29, 1.82) is 0 Å². The summed E-state index contributed by atoms with van der Waals surface area (Å²) in [5.74, 6) is -1.84. The van der Waals surface area contributed by atoms with Crippen LogP contribution in [0.2, 0.25) is 0 Å². The Morgan fingerprint density at radius 3 is 2.30 bits per heavy atom. The molecule has 0 saturated carbocycles. The third kappa shape index (κ3) is 6.03. The number of sulfone groups is 1. The van der Waals surface area contributed by atoms with Crippen molar-refractivity contribution in [1.82, 2.24) is 0 Å². The molecule has 0 bridgehead atoms. The molecular weight excluding hydrogens is 384 g/mol. The topological polar surface area (TPSA) is 98.8 Å². The molecule has 10 heteroatoms. The lowest BCUT2D eigenvalue weighted by atomic mass is 10.2. The van der Waals surface area contributed by atoms with E-state index in [1.807, 2.05) is 0 Å². The average molecular weight is 399 g/mol. The van der Waals surface area contributed by atoms with Crippen molar-refractivity contribution in [3.63, 3.8) is 0 Å². The molecule has 2 aromatic rings. The summed E-state index contributed by atoms with van der Waals surface area (Å²) in [4.78, 5) is 23.8. The lowest BCUT2D eigenvalue weighted by Crippen LogP contribution is -2.21. The minimum Gasteiger partial charge on any atom is -0.452 e. The fourth-order valence-electron chi connectivity index (χ4n) is 2.01. The molecule has 0 radical (unpaired) electrons. The Hall–Kier alpha value is -3.01. The lowest BCUT2D eigenvalue weighted by Gasteiger charge is -2.11. The molecule has 0 unspecified atom stereocenters. The second-order valence-corrected chi connectivity index (χ2v) is 7.31. The van der Waals surface area contributed by atoms with Gasteiger partial charge in [0.2, 0.25) is 0 Å². The monoisotopic (exact) mass is 399 g/mol. The summed E-state index contributed by atoms with van der Waals surface area (Å²) in [6.45, 7) is -3.73. The summed E-state index contributed by atoms with van der Waals surface area (Å²) in [6.07, 6.45) is 1.03. The van der Waals surface area contributed by atoms with Crippen LogP contribution in [0.3, 0.4) is 0 Å². The van der Waals surface area contributed by atoms with E-state index in [4.69, 9.17) is 4.74 Å². The van der Waals surface area contributed by atoms with Gasteiger partial charge < -0.3 is 14.8 Å². The van der Waals surface area contributed by atoms with Crippen molar-refractivity contribution in [2.24, 2.45) is 0 Å². The molecule has 0 fully saturated rings. The zero-order valence-corrected chi connectivity index (χ0v) is 14.8. The predicted molar refractivity (Wildman–Crippen MR) is 91.5 cm³/mol. The molecule has 0 spiro atoms. The number of alkyl halides is 2. The van der Waals surface area contributed by atoms with Crippen LogP contribution in [0.1, 0.15) is 10.4 Å². The largest absolute Gasteiger partial charge is 0.452 e. The fourth-order valence-corrected chi connectivity index (χ4v) is 2.64. The number of para-hydroxylation sites is 2. The number of halogens is 2. The van der Waals surface area contributed by atoms with Gasteiger partial charge in [0.05, 0.1) is 16.1 Å². The van der Waals surface area contributed by atoms with E-state index in [0.29, 0.717) is 0 Å². The number of ether oxygens (including phenoxy) is 2. The SMILES string of the molecule is CS(=O)(=O)c1ccc(C(=O)OCC(=O)Nc2ccccc2OC(F)F)cc1.